The Kier molecular flexibility index (Phi) is 6.37. The number of ether oxygens (including phenoxy) is 3. The molecule has 0 aliphatic carbocycles. The SMILES string of the molecule is CC#CCOc1cc(C(OCOC)c2ccccc2)ncn1. The van der Waals surface area contributed by atoms with Crippen LogP contribution in [0.5, 0.6) is 5.88 Å². The van der Waals surface area contributed by atoms with Gasteiger partial charge in [0.05, 0.1) is 5.69 Å². The first-order valence-electron chi connectivity index (χ1n) is 6.85. The highest BCUT2D eigenvalue weighted by molar-refractivity contribution is 5.27. The van der Waals surface area contributed by atoms with E-state index in [1.54, 1.807) is 20.1 Å². The third kappa shape index (κ3) is 4.55. The zero-order chi connectivity index (χ0) is 15.6. The van der Waals surface area contributed by atoms with E-state index in [1.807, 2.05) is 30.3 Å². The van der Waals surface area contributed by atoms with Gasteiger partial charge < -0.3 is 14.2 Å². The van der Waals surface area contributed by atoms with Crippen LogP contribution in [0.25, 0.3) is 0 Å². The molecule has 1 unspecified atom stereocenters. The fourth-order valence-electron chi connectivity index (χ4n) is 1.87. The zero-order valence-corrected chi connectivity index (χ0v) is 12.7. The van der Waals surface area contributed by atoms with Crippen molar-refractivity contribution in [2.75, 3.05) is 20.5 Å². The minimum Gasteiger partial charge on any atom is -0.464 e. The van der Waals surface area contributed by atoms with Crippen molar-refractivity contribution < 1.29 is 14.2 Å². The van der Waals surface area contributed by atoms with E-state index in [2.05, 4.69) is 21.8 Å². The van der Waals surface area contributed by atoms with Crippen LogP contribution in [0.4, 0.5) is 0 Å². The van der Waals surface area contributed by atoms with Crippen LogP contribution >= 0.6 is 0 Å². The summed E-state index contributed by atoms with van der Waals surface area (Å²) in [6.07, 6.45) is 1.11. The molecule has 0 bridgehead atoms. The van der Waals surface area contributed by atoms with Crippen molar-refractivity contribution in [3.05, 3.63) is 54.0 Å². The van der Waals surface area contributed by atoms with Gasteiger partial charge in [0.15, 0.2) is 6.61 Å². The fourth-order valence-corrected chi connectivity index (χ4v) is 1.87. The number of benzene rings is 1. The maximum atomic E-state index is 5.75. The lowest BCUT2D eigenvalue weighted by Gasteiger charge is -2.17. The van der Waals surface area contributed by atoms with Gasteiger partial charge in [-0.05, 0) is 12.5 Å². The average molecular weight is 298 g/mol. The molecule has 5 heteroatoms. The molecule has 0 radical (unpaired) electrons. The third-order valence-electron chi connectivity index (χ3n) is 2.86. The molecule has 0 spiro atoms. The second-order valence-corrected chi connectivity index (χ2v) is 4.36. The summed E-state index contributed by atoms with van der Waals surface area (Å²) < 4.78 is 16.2. The molecule has 1 aromatic carbocycles. The first kappa shape index (κ1) is 16.0. The zero-order valence-electron chi connectivity index (χ0n) is 12.7. The highest BCUT2D eigenvalue weighted by Gasteiger charge is 2.17. The molecular formula is C17H18N2O3. The largest absolute Gasteiger partial charge is 0.464 e. The Morgan fingerprint density at radius 2 is 2.00 bits per heavy atom. The van der Waals surface area contributed by atoms with Gasteiger partial charge in [0.1, 0.15) is 19.2 Å². The Labute approximate surface area is 130 Å². The molecule has 0 aliphatic heterocycles. The van der Waals surface area contributed by atoms with E-state index in [4.69, 9.17) is 14.2 Å². The third-order valence-corrected chi connectivity index (χ3v) is 2.86. The number of aromatic nitrogens is 2. The van der Waals surface area contributed by atoms with E-state index in [-0.39, 0.29) is 12.9 Å². The van der Waals surface area contributed by atoms with Crippen molar-refractivity contribution in [2.45, 2.75) is 13.0 Å². The summed E-state index contributed by atoms with van der Waals surface area (Å²) in [6, 6.07) is 11.6. The van der Waals surface area contributed by atoms with Crippen molar-refractivity contribution in [1.29, 1.82) is 0 Å². The summed E-state index contributed by atoms with van der Waals surface area (Å²) >= 11 is 0. The molecule has 1 heterocycles. The van der Waals surface area contributed by atoms with Gasteiger partial charge >= 0.3 is 0 Å². The molecule has 22 heavy (non-hydrogen) atoms. The Morgan fingerprint density at radius 1 is 1.18 bits per heavy atom. The molecule has 0 amide bonds. The molecule has 0 N–H and O–H groups in total. The average Bonchev–Trinajstić information content (AvgIpc) is 2.57. The maximum Gasteiger partial charge on any atom is 0.217 e. The Balaban J connectivity index is 2.22. The first-order valence-corrected chi connectivity index (χ1v) is 6.85. The van der Waals surface area contributed by atoms with E-state index in [1.165, 1.54) is 6.33 Å². The monoisotopic (exact) mass is 298 g/mol. The van der Waals surface area contributed by atoms with E-state index < -0.39 is 0 Å². The molecule has 2 aromatic rings. The summed E-state index contributed by atoms with van der Waals surface area (Å²) in [5.41, 5.74) is 1.69. The lowest BCUT2D eigenvalue weighted by Crippen LogP contribution is -2.11. The lowest BCUT2D eigenvalue weighted by atomic mass is 10.1. The molecule has 5 nitrogen and oxygen atoms in total. The van der Waals surface area contributed by atoms with E-state index >= 15 is 0 Å². The number of hydrogen-bond acceptors (Lipinski definition) is 5. The first-order chi connectivity index (χ1) is 10.8. The van der Waals surface area contributed by atoms with Gasteiger partial charge in [0.2, 0.25) is 5.88 Å². The Morgan fingerprint density at radius 3 is 2.73 bits per heavy atom. The van der Waals surface area contributed by atoms with E-state index in [0.29, 0.717) is 18.2 Å². The second-order valence-electron chi connectivity index (χ2n) is 4.36. The molecule has 2 rings (SSSR count). The summed E-state index contributed by atoms with van der Waals surface area (Å²) in [5, 5.41) is 0. The second kappa shape index (κ2) is 8.78. The van der Waals surface area contributed by atoms with Gasteiger partial charge in [-0.3, -0.25) is 0 Å². The molecule has 0 saturated carbocycles. The predicted molar refractivity (Wildman–Crippen MR) is 82.2 cm³/mol. The van der Waals surface area contributed by atoms with Crippen molar-refractivity contribution in [2.24, 2.45) is 0 Å². The smallest absolute Gasteiger partial charge is 0.217 e. The van der Waals surface area contributed by atoms with Gasteiger partial charge in [0.25, 0.3) is 0 Å². The van der Waals surface area contributed by atoms with Crippen LogP contribution in [-0.2, 0) is 9.47 Å². The van der Waals surface area contributed by atoms with Crippen LogP contribution in [0.2, 0.25) is 0 Å². The van der Waals surface area contributed by atoms with Crippen molar-refractivity contribution >= 4 is 0 Å². The molecule has 0 saturated heterocycles. The van der Waals surface area contributed by atoms with E-state index in [0.717, 1.165) is 5.56 Å². The fraction of sp³-hybridized carbons (Fsp3) is 0.294. The quantitative estimate of drug-likeness (QED) is 0.581. The Hall–Kier alpha value is -2.42. The number of nitrogens with zero attached hydrogens (tertiary/aromatic N) is 2. The van der Waals surface area contributed by atoms with Crippen LogP contribution in [0, 0.1) is 11.8 Å². The summed E-state index contributed by atoms with van der Waals surface area (Å²) in [6.45, 7) is 2.22. The molecule has 0 aliphatic rings. The minimum atomic E-state index is -0.344. The predicted octanol–water partition coefficient (Wildman–Crippen LogP) is 2.59. The minimum absolute atomic E-state index is 0.168. The van der Waals surface area contributed by atoms with Gasteiger partial charge in [-0.15, -0.1) is 5.92 Å². The van der Waals surface area contributed by atoms with Crippen molar-refractivity contribution in [3.63, 3.8) is 0 Å². The highest BCUT2D eigenvalue weighted by atomic mass is 16.7. The number of methoxy groups -OCH3 is 1. The van der Waals surface area contributed by atoms with Crippen LogP contribution < -0.4 is 4.74 Å². The van der Waals surface area contributed by atoms with Crippen molar-refractivity contribution in [3.8, 4) is 17.7 Å². The normalized spacial score (nSPS) is 11.4. The molecular weight excluding hydrogens is 280 g/mol. The van der Waals surface area contributed by atoms with Crippen LogP contribution in [-0.4, -0.2) is 30.5 Å². The molecule has 1 aromatic heterocycles. The summed E-state index contributed by atoms with van der Waals surface area (Å²) in [7, 11) is 1.58. The summed E-state index contributed by atoms with van der Waals surface area (Å²) in [4.78, 5) is 8.37. The van der Waals surface area contributed by atoms with Crippen LogP contribution in [0.3, 0.4) is 0 Å². The van der Waals surface area contributed by atoms with Gasteiger partial charge in [-0.25, -0.2) is 9.97 Å². The summed E-state index contributed by atoms with van der Waals surface area (Å²) in [5.74, 6) is 6.06. The molecule has 1 atom stereocenters. The van der Waals surface area contributed by atoms with Gasteiger partial charge in [0, 0.05) is 13.2 Å². The lowest BCUT2D eigenvalue weighted by molar-refractivity contribution is -0.0605. The van der Waals surface area contributed by atoms with Crippen LogP contribution in [0.1, 0.15) is 24.3 Å². The maximum absolute atomic E-state index is 5.75. The van der Waals surface area contributed by atoms with E-state index in [9.17, 15) is 0 Å². The van der Waals surface area contributed by atoms with Gasteiger partial charge in [-0.2, -0.15) is 0 Å². The number of rotatable bonds is 7. The van der Waals surface area contributed by atoms with Gasteiger partial charge in [-0.1, -0.05) is 36.3 Å². The highest BCUT2D eigenvalue weighted by Crippen LogP contribution is 2.25. The Bertz CT molecular complexity index is 635. The topological polar surface area (TPSA) is 53.5 Å². The van der Waals surface area contributed by atoms with Crippen LogP contribution in [0.15, 0.2) is 42.7 Å². The standard InChI is InChI=1S/C17H18N2O3/c1-3-4-10-21-16-11-15(18-12-19-16)17(22-13-20-2)14-8-6-5-7-9-14/h5-9,11-12,17H,10,13H2,1-2H3. The number of hydrogen-bond donors (Lipinski definition) is 0. The molecule has 114 valence electrons. The van der Waals surface area contributed by atoms with Crippen molar-refractivity contribution in [1.82, 2.24) is 9.97 Å². The molecule has 0 fully saturated rings.